The average molecular weight is 246 g/mol. The maximum Gasteiger partial charge on any atom is 0.226 e. The van der Waals surface area contributed by atoms with Crippen LogP contribution in [0.2, 0.25) is 0 Å². The van der Waals surface area contributed by atoms with E-state index >= 15 is 0 Å². The lowest BCUT2D eigenvalue weighted by Crippen LogP contribution is -2.03. The molecule has 5 nitrogen and oxygen atoms in total. The molecule has 0 bridgehead atoms. The van der Waals surface area contributed by atoms with Crippen LogP contribution in [0.1, 0.15) is 44.3 Å². The molecule has 0 radical (unpaired) electrons. The standard InChI is InChI=1S/C10H18N2O3S/c1-8(2)10-11-9(15-12-10)6-4-5-7-16(3,13)14/h8H,4-7H2,1-3H3. The smallest absolute Gasteiger partial charge is 0.226 e. The van der Waals surface area contributed by atoms with Gasteiger partial charge in [-0.05, 0) is 12.8 Å². The van der Waals surface area contributed by atoms with E-state index in [-0.39, 0.29) is 11.7 Å². The van der Waals surface area contributed by atoms with Crippen molar-refractivity contribution in [2.24, 2.45) is 0 Å². The Kier molecular flexibility index (Phi) is 4.46. The number of sulfone groups is 1. The topological polar surface area (TPSA) is 73.1 Å². The summed E-state index contributed by atoms with van der Waals surface area (Å²) in [6.07, 6.45) is 3.29. The first-order chi connectivity index (χ1) is 7.38. The van der Waals surface area contributed by atoms with Gasteiger partial charge < -0.3 is 4.52 Å². The molecule has 1 aromatic heterocycles. The molecule has 0 aliphatic carbocycles. The van der Waals surface area contributed by atoms with Crippen molar-refractivity contribution in [3.8, 4) is 0 Å². The van der Waals surface area contributed by atoms with Gasteiger partial charge in [-0.2, -0.15) is 4.98 Å². The summed E-state index contributed by atoms with van der Waals surface area (Å²) in [6.45, 7) is 4.00. The van der Waals surface area contributed by atoms with Crippen LogP contribution in [0.5, 0.6) is 0 Å². The largest absolute Gasteiger partial charge is 0.339 e. The molecular formula is C10H18N2O3S. The number of aromatic nitrogens is 2. The summed E-state index contributed by atoms with van der Waals surface area (Å²) in [4.78, 5) is 4.22. The minimum Gasteiger partial charge on any atom is -0.339 e. The molecule has 0 spiro atoms. The molecule has 0 atom stereocenters. The molecule has 0 fully saturated rings. The minimum absolute atomic E-state index is 0.220. The summed E-state index contributed by atoms with van der Waals surface area (Å²) in [7, 11) is -2.85. The molecule has 0 aromatic carbocycles. The Hall–Kier alpha value is -0.910. The second-order valence-corrected chi connectivity index (χ2v) is 6.55. The predicted octanol–water partition coefficient (Wildman–Crippen LogP) is 1.56. The van der Waals surface area contributed by atoms with E-state index in [1.807, 2.05) is 13.8 Å². The number of aryl methyl sites for hydroxylation is 1. The van der Waals surface area contributed by atoms with E-state index in [1.54, 1.807) is 0 Å². The highest BCUT2D eigenvalue weighted by atomic mass is 32.2. The molecule has 0 amide bonds. The molecule has 0 aliphatic heterocycles. The van der Waals surface area contributed by atoms with Gasteiger partial charge in [0.05, 0.1) is 0 Å². The van der Waals surface area contributed by atoms with Gasteiger partial charge in [0.15, 0.2) is 5.82 Å². The molecule has 92 valence electrons. The fourth-order valence-electron chi connectivity index (χ4n) is 1.24. The first-order valence-corrected chi connectivity index (χ1v) is 7.45. The molecule has 0 N–H and O–H groups in total. The Bertz CT molecular complexity index is 423. The molecule has 1 rings (SSSR count). The van der Waals surface area contributed by atoms with Gasteiger partial charge >= 0.3 is 0 Å². The highest BCUT2D eigenvalue weighted by Crippen LogP contribution is 2.11. The van der Waals surface area contributed by atoms with Crippen LogP contribution in [-0.2, 0) is 16.3 Å². The third-order valence-electron chi connectivity index (χ3n) is 2.16. The van der Waals surface area contributed by atoms with Crippen LogP contribution >= 0.6 is 0 Å². The Balaban J connectivity index is 2.32. The van der Waals surface area contributed by atoms with Crippen molar-refractivity contribution in [2.45, 2.75) is 39.0 Å². The second-order valence-electron chi connectivity index (χ2n) is 4.29. The Morgan fingerprint density at radius 3 is 2.50 bits per heavy atom. The van der Waals surface area contributed by atoms with E-state index in [0.717, 1.165) is 6.42 Å². The van der Waals surface area contributed by atoms with Gasteiger partial charge in [-0.1, -0.05) is 19.0 Å². The first kappa shape index (κ1) is 13.2. The third kappa shape index (κ3) is 4.74. The van der Waals surface area contributed by atoms with E-state index in [0.29, 0.717) is 24.6 Å². The zero-order chi connectivity index (χ0) is 12.2. The van der Waals surface area contributed by atoms with Gasteiger partial charge in [-0.15, -0.1) is 0 Å². The van der Waals surface area contributed by atoms with Crippen molar-refractivity contribution in [3.05, 3.63) is 11.7 Å². The molecule has 1 aromatic rings. The van der Waals surface area contributed by atoms with Gasteiger partial charge in [0.2, 0.25) is 5.89 Å². The summed E-state index contributed by atoms with van der Waals surface area (Å²) < 4.78 is 26.8. The van der Waals surface area contributed by atoms with E-state index in [9.17, 15) is 8.42 Å². The van der Waals surface area contributed by atoms with Crippen molar-refractivity contribution in [1.82, 2.24) is 10.1 Å². The molecule has 16 heavy (non-hydrogen) atoms. The number of nitrogens with zero attached hydrogens (tertiary/aromatic N) is 2. The maximum absolute atomic E-state index is 10.9. The molecule has 1 heterocycles. The van der Waals surface area contributed by atoms with Crippen LogP contribution in [0.15, 0.2) is 4.52 Å². The van der Waals surface area contributed by atoms with E-state index in [1.165, 1.54) is 6.26 Å². The minimum atomic E-state index is -2.85. The molecular weight excluding hydrogens is 228 g/mol. The summed E-state index contributed by atoms with van der Waals surface area (Å²) in [6, 6.07) is 0. The van der Waals surface area contributed by atoms with E-state index < -0.39 is 9.84 Å². The van der Waals surface area contributed by atoms with Crippen LogP contribution in [0.25, 0.3) is 0 Å². The Morgan fingerprint density at radius 2 is 2.00 bits per heavy atom. The molecule has 0 saturated carbocycles. The van der Waals surface area contributed by atoms with Crippen molar-refractivity contribution >= 4 is 9.84 Å². The molecule has 6 heteroatoms. The number of hydrogen-bond acceptors (Lipinski definition) is 5. The van der Waals surface area contributed by atoms with Crippen molar-refractivity contribution in [1.29, 1.82) is 0 Å². The lowest BCUT2D eigenvalue weighted by Gasteiger charge is -1.96. The molecule has 0 saturated heterocycles. The lowest BCUT2D eigenvalue weighted by atomic mass is 10.2. The normalized spacial score (nSPS) is 12.2. The first-order valence-electron chi connectivity index (χ1n) is 5.38. The molecule has 0 aliphatic rings. The summed E-state index contributed by atoms with van der Waals surface area (Å²) in [5, 5.41) is 3.84. The van der Waals surface area contributed by atoms with Crippen LogP contribution in [0, 0.1) is 0 Å². The SMILES string of the molecule is CC(C)c1noc(CCCCS(C)(=O)=O)n1. The quantitative estimate of drug-likeness (QED) is 0.712. The fourth-order valence-corrected chi connectivity index (χ4v) is 1.97. The third-order valence-corrected chi connectivity index (χ3v) is 3.19. The van der Waals surface area contributed by atoms with Gasteiger partial charge in [-0.25, -0.2) is 8.42 Å². The van der Waals surface area contributed by atoms with E-state index in [4.69, 9.17) is 4.52 Å². The van der Waals surface area contributed by atoms with Gasteiger partial charge in [0.1, 0.15) is 9.84 Å². The van der Waals surface area contributed by atoms with Crippen LogP contribution in [0.3, 0.4) is 0 Å². The monoisotopic (exact) mass is 246 g/mol. The van der Waals surface area contributed by atoms with Crippen LogP contribution in [0.4, 0.5) is 0 Å². The summed E-state index contributed by atoms with van der Waals surface area (Å²) in [5.41, 5.74) is 0. The Labute approximate surface area is 96.2 Å². The zero-order valence-corrected chi connectivity index (χ0v) is 10.7. The number of rotatable bonds is 6. The Morgan fingerprint density at radius 1 is 1.31 bits per heavy atom. The fraction of sp³-hybridized carbons (Fsp3) is 0.800. The van der Waals surface area contributed by atoms with Crippen molar-refractivity contribution in [3.63, 3.8) is 0 Å². The zero-order valence-electron chi connectivity index (χ0n) is 9.93. The molecule has 0 unspecified atom stereocenters. The average Bonchev–Trinajstić information content (AvgIpc) is 2.59. The summed E-state index contributed by atoms with van der Waals surface area (Å²) >= 11 is 0. The van der Waals surface area contributed by atoms with Crippen molar-refractivity contribution < 1.29 is 12.9 Å². The van der Waals surface area contributed by atoms with Crippen LogP contribution < -0.4 is 0 Å². The van der Waals surface area contributed by atoms with Gasteiger partial charge in [-0.3, -0.25) is 0 Å². The maximum atomic E-state index is 10.9. The second kappa shape index (κ2) is 5.43. The van der Waals surface area contributed by atoms with E-state index in [2.05, 4.69) is 10.1 Å². The van der Waals surface area contributed by atoms with Crippen LogP contribution in [-0.4, -0.2) is 30.6 Å². The number of hydrogen-bond donors (Lipinski definition) is 0. The highest BCUT2D eigenvalue weighted by Gasteiger charge is 2.09. The number of unbranched alkanes of at least 4 members (excludes halogenated alkanes) is 1. The highest BCUT2D eigenvalue weighted by molar-refractivity contribution is 7.90. The predicted molar refractivity (Wildman–Crippen MR) is 61.0 cm³/mol. The summed E-state index contributed by atoms with van der Waals surface area (Å²) in [5.74, 6) is 1.78. The van der Waals surface area contributed by atoms with Gasteiger partial charge in [0, 0.05) is 24.3 Å². The van der Waals surface area contributed by atoms with Crippen molar-refractivity contribution in [2.75, 3.05) is 12.0 Å². The van der Waals surface area contributed by atoms with Gasteiger partial charge in [0.25, 0.3) is 0 Å². The lowest BCUT2D eigenvalue weighted by molar-refractivity contribution is 0.368.